The van der Waals surface area contributed by atoms with E-state index in [2.05, 4.69) is 255 Å². The van der Waals surface area contributed by atoms with Gasteiger partial charge >= 0.3 is 0 Å². The quantitative estimate of drug-likeness (QED) is 0.111. The van der Waals surface area contributed by atoms with Gasteiger partial charge in [-0.15, -0.1) is 0 Å². The zero-order chi connectivity index (χ0) is 80.6. The number of fused-ring (bicyclic) bond motifs is 13. The van der Waals surface area contributed by atoms with Gasteiger partial charge in [0.05, 0.1) is 44.1 Å². The second-order valence-electron chi connectivity index (χ2n) is 30.5. The smallest absolute Gasteiger partial charge is 0.164 e. The van der Waals surface area contributed by atoms with Crippen LogP contribution in [-0.4, -0.2) is 63.1 Å². The zero-order valence-corrected chi connectivity index (χ0v) is 65.7. The predicted octanol–water partition coefficient (Wildman–Crippen LogP) is 26.5. The highest BCUT2D eigenvalue weighted by molar-refractivity contribution is 6.21. The van der Waals surface area contributed by atoms with E-state index in [1.165, 1.54) is 59.4 Å². The molecule has 13 heteroatoms. The van der Waals surface area contributed by atoms with Crippen LogP contribution in [-0.2, 0) is 0 Å². The molecule has 0 aliphatic carbocycles. The molecule has 17 aromatic carbocycles. The van der Waals surface area contributed by atoms with Crippen molar-refractivity contribution in [2.45, 2.75) is 0 Å². The van der Waals surface area contributed by atoms with Gasteiger partial charge in [-0.2, -0.15) is 0 Å². The largest absolute Gasteiger partial charge is 0.309 e. The van der Waals surface area contributed by atoms with Crippen LogP contribution in [0.1, 0.15) is 0 Å². The highest BCUT2D eigenvalue weighted by Crippen LogP contribution is 2.44. The molecule has 0 saturated carbocycles. The van der Waals surface area contributed by atoms with Crippen molar-refractivity contribution in [3.05, 3.63) is 419 Å². The van der Waals surface area contributed by atoms with Crippen molar-refractivity contribution in [2.75, 3.05) is 0 Å². The maximum Gasteiger partial charge on any atom is 0.164 e. The minimum Gasteiger partial charge on any atom is -0.309 e. The molecule has 0 amide bonds. The Kier molecular flexibility index (Phi) is 17.2. The lowest BCUT2D eigenvalue weighted by atomic mass is 10.1. The summed E-state index contributed by atoms with van der Waals surface area (Å²) in [7, 11) is 0. The molecule has 24 rings (SSSR count). The monoisotopic (exact) mass is 1560 g/mol. The molecule has 7 heterocycles. The molecule has 570 valence electrons. The average Bonchev–Trinajstić information content (AvgIpc) is 1.56. The molecule has 0 N–H and O–H groups in total. The summed E-state index contributed by atoms with van der Waals surface area (Å²) >= 11 is 0. The topological polar surface area (TPSA) is 136 Å². The molecule has 0 spiro atoms. The fourth-order valence-electron chi connectivity index (χ4n) is 17.4. The van der Waals surface area contributed by atoms with Gasteiger partial charge < -0.3 is 18.3 Å². The molecule has 24 aromatic rings. The third-order valence-corrected chi connectivity index (χ3v) is 23.2. The van der Waals surface area contributed by atoms with Crippen LogP contribution in [0.15, 0.2) is 419 Å². The molecule has 0 atom stereocenters. The molecule has 0 saturated heterocycles. The molecule has 122 heavy (non-hydrogen) atoms. The minimum absolute atomic E-state index is 0.618. The van der Waals surface area contributed by atoms with Crippen LogP contribution in [0.3, 0.4) is 0 Å². The summed E-state index contributed by atoms with van der Waals surface area (Å²) in [6.07, 6.45) is 0. The maximum absolute atomic E-state index is 5.04. The van der Waals surface area contributed by atoms with Crippen molar-refractivity contribution >= 4 is 98.0 Å². The van der Waals surface area contributed by atoms with Gasteiger partial charge in [0.1, 0.15) is 0 Å². The number of benzene rings is 17. The number of para-hydroxylation sites is 4. The second kappa shape index (κ2) is 29.7. The number of aromatic nitrogens is 13. The van der Waals surface area contributed by atoms with E-state index in [0.717, 1.165) is 111 Å². The number of nitrogens with zero attached hydrogens (tertiary/aromatic N) is 13. The molecule has 7 aromatic heterocycles. The second-order valence-corrected chi connectivity index (χ2v) is 30.5. The predicted molar refractivity (Wildman–Crippen MR) is 497 cm³/mol. The summed E-state index contributed by atoms with van der Waals surface area (Å²) in [6.45, 7) is 0. The van der Waals surface area contributed by atoms with Gasteiger partial charge in [0, 0.05) is 116 Å². The van der Waals surface area contributed by atoms with Gasteiger partial charge in [0.2, 0.25) is 0 Å². The van der Waals surface area contributed by atoms with Gasteiger partial charge in [-0.1, -0.05) is 297 Å². The van der Waals surface area contributed by atoms with Crippen molar-refractivity contribution in [3.63, 3.8) is 0 Å². The van der Waals surface area contributed by atoms with Gasteiger partial charge in [-0.05, 0) is 132 Å². The molecule has 0 aliphatic rings. The van der Waals surface area contributed by atoms with Gasteiger partial charge in [-0.25, -0.2) is 44.9 Å². The van der Waals surface area contributed by atoms with Crippen LogP contribution in [0.4, 0.5) is 0 Å². The Morgan fingerprint density at radius 3 is 0.664 bits per heavy atom. The first-order chi connectivity index (χ1) is 60.5. The van der Waals surface area contributed by atoms with E-state index in [4.69, 9.17) is 44.9 Å². The SMILES string of the molecule is c1ccc(-c2nc(-c3ccccc3)nc(-c3ccc(-n4c5ccccc5c5cc6c7ccccc7n(-c7ccc(-c8nc(-c9ccccc9)nc(-c9ccccc9)n8)cc7)c6cc54)cc3)n2)cc1.c1ccc(-c2nc(-c3ccccc3)nc(-c3cccc(-n4c5ccccc5c5cc6c7ccccc7n(-c7ccc8ccccc8c7)c6cc54)c3)n2)cc1. The van der Waals surface area contributed by atoms with Gasteiger partial charge in [0.25, 0.3) is 0 Å². The first-order valence-corrected chi connectivity index (χ1v) is 40.8. The average molecular weight is 1560 g/mol. The van der Waals surface area contributed by atoms with Crippen LogP contribution >= 0.6 is 0 Å². The first-order valence-electron chi connectivity index (χ1n) is 40.8. The van der Waals surface area contributed by atoms with E-state index in [1.807, 2.05) is 182 Å². The first kappa shape index (κ1) is 70.6. The van der Waals surface area contributed by atoms with Crippen LogP contribution in [0, 0.1) is 0 Å². The van der Waals surface area contributed by atoms with Crippen LogP contribution in [0.25, 0.3) is 223 Å². The van der Waals surface area contributed by atoms with E-state index in [0.29, 0.717) is 52.4 Å². The Hall–Kier alpha value is -16.8. The highest BCUT2D eigenvalue weighted by atomic mass is 15.1. The van der Waals surface area contributed by atoms with Crippen molar-refractivity contribution < 1.29 is 0 Å². The molecule has 0 aliphatic heterocycles. The van der Waals surface area contributed by atoms with E-state index in [9.17, 15) is 0 Å². The van der Waals surface area contributed by atoms with Crippen molar-refractivity contribution in [2.24, 2.45) is 0 Å². The van der Waals surface area contributed by atoms with E-state index in [-0.39, 0.29) is 0 Å². The lowest BCUT2D eigenvalue weighted by Gasteiger charge is -2.12. The van der Waals surface area contributed by atoms with Crippen LogP contribution in [0.2, 0.25) is 0 Å². The Morgan fingerprint density at radius 2 is 0.352 bits per heavy atom. The van der Waals surface area contributed by atoms with E-state index < -0.39 is 0 Å². The fourth-order valence-corrected chi connectivity index (χ4v) is 17.4. The third-order valence-electron chi connectivity index (χ3n) is 23.2. The minimum atomic E-state index is 0.618. The summed E-state index contributed by atoms with van der Waals surface area (Å²) in [5.74, 6) is 5.69. The van der Waals surface area contributed by atoms with Crippen LogP contribution in [0.5, 0.6) is 0 Å². The zero-order valence-electron chi connectivity index (χ0n) is 65.7. The summed E-state index contributed by atoms with van der Waals surface area (Å²) in [5.41, 5.74) is 21.7. The van der Waals surface area contributed by atoms with Gasteiger partial charge in [0.15, 0.2) is 52.4 Å². The van der Waals surface area contributed by atoms with E-state index in [1.54, 1.807) is 0 Å². The summed E-state index contributed by atoms with van der Waals surface area (Å²) in [4.78, 5) is 44.8. The number of rotatable bonds is 13. The van der Waals surface area contributed by atoms with Crippen molar-refractivity contribution in [1.82, 2.24) is 63.1 Å². The Morgan fingerprint density at radius 1 is 0.123 bits per heavy atom. The maximum atomic E-state index is 5.04. The van der Waals surface area contributed by atoms with Gasteiger partial charge in [-0.3, -0.25) is 0 Å². The Balaban J connectivity index is 0.000000145. The summed E-state index contributed by atoms with van der Waals surface area (Å²) in [6, 6.07) is 146. The fraction of sp³-hybridized carbons (Fsp3) is 0. The molecule has 0 radical (unpaired) electrons. The number of hydrogen-bond donors (Lipinski definition) is 0. The van der Waals surface area contributed by atoms with E-state index >= 15 is 0 Å². The molecule has 0 unspecified atom stereocenters. The number of hydrogen-bond acceptors (Lipinski definition) is 9. The van der Waals surface area contributed by atoms with Crippen LogP contribution < -0.4 is 0 Å². The summed E-state index contributed by atoms with van der Waals surface area (Å²) < 4.78 is 9.53. The molecule has 0 bridgehead atoms. The Labute approximate surface area is 700 Å². The molecular formula is C109H69N13. The Bertz CT molecular complexity index is 7720. The summed E-state index contributed by atoms with van der Waals surface area (Å²) in [5, 5.41) is 12.1. The normalized spacial score (nSPS) is 11.6. The highest BCUT2D eigenvalue weighted by Gasteiger charge is 2.24. The standard InChI is InChI=1S/C60H38N8.C49H31N5/c1-5-17-39(18-6-1)55-61-56(40-19-7-2-8-20-40)64-59(63-55)43-29-33-45(34-30-43)67-51-27-15-13-25-47(51)49-37-50-48-26-14-16-28-52(48)68(54(50)38-53(49)67)46-35-31-44(32-36-46)60-65-57(41-21-9-3-10-22-41)62-58(66-60)42-23-11-4-12-24-42;1-3-15-33(16-4-1)47-50-48(34-17-5-2-6-18-34)52-49(51-47)36-20-13-21-37(29-36)53-43-24-11-9-22-39(43)41-30-42-40-23-10-12-25-44(40)54(46(42)31-45(41)53)38-27-26-32-14-7-8-19-35(32)28-38/h1-38H;1-31H. The molecule has 0 fully saturated rings. The third kappa shape index (κ3) is 12.5. The molecule has 13 nitrogen and oxygen atoms in total. The van der Waals surface area contributed by atoms with Crippen molar-refractivity contribution in [3.8, 4) is 125 Å². The van der Waals surface area contributed by atoms with Crippen molar-refractivity contribution in [1.29, 1.82) is 0 Å². The lowest BCUT2D eigenvalue weighted by molar-refractivity contribution is 1.07. The lowest BCUT2D eigenvalue weighted by Crippen LogP contribution is -2.01. The molecular weight excluding hydrogens is 1490 g/mol.